The molecule has 0 aromatic heterocycles. The average Bonchev–Trinajstić information content (AvgIpc) is 2.52. The first-order chi connectivity index (χ1) is 11.5. The van der Waals surface area contributed by atoms with Crippen molar-refractivity contribution in [2.75, 3.05) is 0 Å². The third-order valence-electron chi connectivity index (χ3n) is 4.18. The molecule has 0 radical (unpaired) electrons. The number of aryl methyl sites for hydroxylation is 1. The van der Waals surface area contributed by atoms with Gasteiger partial charge in [-0.05, 0) is 37.0 Å². The van der Waals surface area contributed by atoms with Gasteiger partial charge in [0.25, 0.3) is 0 Å². The maximum Gasteiger partial charge on any atom is 0.303 e. The van der Waals surface area contributed by atoms with E-state index in [1.165, 1.54) is 38.5 Å². The Bertz CT molecular complexity index is 504. The Balaban J connectivity index is 1.96. The van der Waals surface area contributed by atoms with Gasteiger partial charge in [0.2, 0.25) is 0 Å². The molecule has 0 heterocycles. The molecule has 0 fully saturated rings. The second kappa shape index (κ2) is 12.9. The Morgan fingerprint density at radius 1 is 0.708 bits per heavy atom. The van der Waals surface area contributed by atoms with E-state index in [2.05, 4.69) is 0 Å². The normalized spacial score (nSPS) is 11.0. The molecule has 0 saturated carbocycles. The van der Waals surface area contributed by atoms with Crippen LogP contribution in [0.1, 0.15) is 76.2 Å². The maximum absolute atomic E-state index is 10.4. The fraction of sp³-hybridized carbons (Fsp3) is 0.632. The van der Waals surface area contributed by atoms with Gasteiger partial charge in [-0.1, -0.05) is 86.2 Å². The number of halogens is 3. The molecule has 2 nitrogen and oxygen atoms in total. The number of rotatable bonds is 13. The van der Waals surface area contributed by atoms with Crippen LogP contribution >= 0.6 is 34.8 Å². The second-order valence-corrected chi connectivity index (χ2v) is 7.51. The Labute approximate surface area is 160 Å². The predicted octanol–water partition coefficient (Wildman–Crippen LogP) is 7.57. The van der Waals surface area contributed by atoms with E-state index in [-0.39, 0.29) is 0 Å². The summed E-state index contributed by atoms with van der Waals surface area (Å²) in [5, 5.41) is 10.3. The highest BCUT2D eigenvalue weighted by Gasteiger charge is 2.05. The largest absolute Gasteiger partial charge is 0.481 e. The van der Waals surface area contributed by atoms with Gasteiger partial charge in [-0.3, -0.25) is 4.79 Å². The molecule has 136 valence electrons. The minimum atomic E-state index is -0.683. The zero-order chi connectivity index (χ0) is 17.8. The van der Waals surface area contributed by atoms with E-state index in [1.54, 1.807) is 6.07 Å². The molecule has 0 aliphatic rings. The number of unbranched alkanes of at least 4 members (excludes halogenated alkanes) is 9. The van der Waals surface area contributed by atoms with E-state index in [4.69, 9.17) is 39.9 Å². The van der Waals surface area contributed by atoms with Crippen LogP contribution in [0.5, 0.6) is 0 Å². The van der Waals surface area contributed by atoms with Gasteiger partial charge in [-0.15, -0.1) is 0 Å². The molecule has 0 bridgehead atoms. The van der Waals surface area contributed by atoms with E-state index in [9.17, 15) is 4.79 Å². The summed E-state index contributed by atoms with van der Waals surface area (Å²) in [5.74, 6) is -0.683. The fourth-order valence-corrected chi connectivity index (χ4v) is 3.43. The van der Waals surface area contributed by atoms with Gasteiger partial charge >= 0.3 is 5.97 Å². The van der Waals surface area contributed by atoms with Crippen LogP contribution in [0.25, 0.3) is 0 Å². The molecular formula is C19H27Cl3O2. The van der Waals surface area contributed by atoms with Crippen LogP contribution < -0.4 is 0 Å². The van der Waals surface area contributed by atoms with Crippen LogP contribution in [0.4, 0.5) is 0 Å². The lowest BCUT2D eigenvalue weighted by Crippen LogP contribution is -1.93. The van der Waals surface area contributed by atoms with Crippen molar-refractivity contribution in [3.05, 3.63) is 32.8 Å². The van der Waals surface area contributed by atoms with Crippen LogP contribution in [0, 0.1) is 0 Å². The minimum Gasteiger partial charge on any atom is -0.481 e. The Morgan fingerprint density at radius 3 is 1.71 bits per heavy atom. The van der Waals surface area contributed by atoms with Crippen LogP contribution in [-0.4, -0.2) is 11.1 Å². The summed E-state index contributed by atoms with van der Waals surface area (Å²) < 4.78 is 0. The number of benzene rings is 1. The van der Waals surface area contributed by atoms with Gasteiger partial charge in [-0.2, -0.15) is 0 Å². The molecule has 5 heteroatoms. The van der Waals surface area contributed by atoms with Crippen molar-refractivity contribution >= 4 is 40.8 Å². The average molecular weight is 394 g/mol. The highest BCUT2D eigenvalue weighted by molar-refractivity contribution is 6.43. The SMILES string of the molecule is O=C(O)CCCCCCCCCCCCc1cc(Cl)c(Cl)cc1Cl. The van der Waals surface area contributed by atoms with Crippen LogP contribution in [-0.2, 0) is 11.2 Å². The summed E-state index contributed by atoms with van der Waals surface area (Å²) in [5.41, 5.74) is 1.08. The standard InChI is InChI=1S/C19H27Cl3O2/c20-16-14-18(22)17(21)13-15(16)11-9-7-5-3-1-2-4-6-8-10-12-19(23)24/h13-14H,1-12H2,(H,23,24). The van der Waals surface area contributed by atoms with Crippen molar-refractivity contribution in [1.82, 2.24) is 0 Å². The van der Waals surface area contributed by atoms with Crippen molar-refractivity contribution in [2.45, 2.75) is 77.0 Å². The van der Waals surface area contributed by atoms with Gasteiger partial charge in [0.05, 0.1) is 10.0 Å². The predicted molar refractivity (Wildman–Crippen MR) is 104 cm³/mol. The zero-order valence-electron chi connectivity index (χ0n) is 14.1. The number of carboxylic acid groups (broad SMARTS) is 1. The van der Waals surface area contributed by atoms with Gasteiger partial charge in [0.15, 0.2) is 0 Å². The molecule has 1 N–H and O–H groups in total. The lowest BCUT2D eigenvalue weighted by Gasteiger charge is -2.07. The van der Waals surface area contributed by atoms with E-state index in [0.29, 0.717) is 21.5 Å². The van der Waals surface area contributed by atoms with Crippen LogP contribution in [0.2, 0.25) is 15.1 Å². The third kappa shape index (κ3) is 9.76. The number of carbonyl (C=O) groups is 1. The second-order valence-electron chi connectivity index (χ2n) is 6.29. The molecule has 0 aliphatic carbocycles. The first kappa shape index (κ1) is 21.6. The quantitative estimate of drug-likeness (QED) is 0.277. The molecule has 1 aromatic carbocycles. The van der Waals surface area contributed by atoms with E-state index in [1.807, 2.05) is 6.07 Å². The maximum atomic E-state index is 10.4. The molecule has 1 rings (SSSR count). The van der Waals surface area contributed by atoms with Gasteiger partial charge in [0, 0.05) is 11.4 Å². The smallest absolute Gasteiger partial charge is 0.303 e. The van der Waals surface area contributed by atoms with Gasteiger partial charge in [0.1, 0.15) is 0 Å². The lowest BCUT2D eigenvalue weighted by atomic mass is 10.0. The molecule has 1 aromatic rings. The topological polar surface area (TPSA) is 37.3 Å². The Hall–Kier alpha value is -0.440. The minimum absolute atomic E-state index is 0.308. The fourth-order valence-electron chi connectivity index (χ4n) is 2.76. The van der Waals surface area contributed by atoms with E-state index in [0.717, 1.165) is 37.7 Å². The lowest BCUT2D eigenvalue weighted by molar-refractivity contribution is -0.137. The van der Waals surface area contributed by atoms with E-state index < -0.39 is 5.97 Å². The third-order valence-corrected chi connectivity index (χ3v) is 5.25. The van der Waals surface area contributed by atoms with E-state index >= 15 is 0 Å². The molecule has 0 atom stereocenters. The number of hydrogen-bond donors (Lipinski definition) is 1. The molecule has 24 heavy (non-hydrogen) atoms. The van der Waals surface area contributed by atoms with Crippen LogP contribution in [0.15, 0.2) is 12.1 Å². The summed E-state index contributed by atoms with van der Waals surface area (Å²) in [4.78, 5) is 10.4. The summed E-state index contributed by atoms with van der Waals surface area (Å²) in [6, 6.07) is 3.59. The highest BCUT2D eigenvalue weighted by atomic mass is 35.5. The highest BCUT2D eigenvalue weighted by Crippen LogP contribution is 2.29. The Kier molecular flexibility index (Phi) is 11.6. The van der Waals surface area contributed by atoms with Gasteiger partial charge in [-0.25, -0.2) is 0 Å². The summed E-state index contributed by atoms with van der Waals surface area (Å²) in [6.07, 6.45) is 12.8. The van der Waals surface area contributed by atoms with Crippen molar-refractivity contribution in [2.24, 2.45) is 0 Å². The van der Waals surface area contributed by atoms with Crippen molar-refractivity contribution < 1.29 is 9.90 Å². The first-order valence-electron chi connectivity index (χ1n) is 8.86. The molecule has 0 unspecified atom stereocenters. The van der Waals surface area contributed by atoms with Gasteiger partial charge < -0.3 is 5.11 Å². The Morgan fingerprint density at radius 2 is 1.17 bits per heavy atom. The molecule has 0 amide bonds. The summed E-state index contributed by atoms with van der Waals surface area (Å²) >= 11 is 18.1. The first-order valence-corrected chi connectivity index (χ1v) is 9.99. The zero-order valence-corrected chi connectivity index (χ0v) is 16.4. The van der Waals surface area contributed by atoms with Crippen molar-refractivity contribution in [3.8, 4) is 0 Å². The summed E-state index contributed by atoms with van der Waals surface area (Å²) in [6.45, 7) is 0. The number of hydrogen-bond acceptors (Lipinski definition) is 1. The van der Waals surface area contributed by atoms with Crippen molar-refractivity contribution in [1.29, 1.82) is 0 Å². The molecule has 0 aliphatic heterocycles. The molecule has 0 spiro atoms. The number of aliphatic carboxylic acids is 1. The van der Waals surface area contributed by atoms with Crippen molar-refractivity contribution in [3.63, 3.8) is 0 Å². The van der Waals surface area contributed by atoms with Crippen LogP contribution in [0.3, 0.4) is 0 Å². The summed E-state index contributed by atoms with van der Waals surface area (Å²) in [7, 11) is 0. The molecule has 0 saturated heterocycles. The monoisotopic (exact) mass is 392 g/mol. The molecular weight excluding hydrogens is 367 g/mol. The number of carboxylic acids is 1.